The van der Waals surface area contributed by atoms with Crippen molar-refractivity contribution in [1.82, 2.24) is 19.7 Å². The second-order valence-corrected chi connectivity index (χ2v) is 8.16. The van der Waals surface area contributed by atoms with Gasteiger partial charge in [0.2, 0.25) is 5.95 Å². The summed E-state index contributed by atoms with van der Waals surface area (Å²) in [6.07, 6.45) is 5.96. The minimum absolute atomic E-state index is 0.428. The molecule has 0 radical (unpaired) electrons. The lowest BCUT2D eigenvalue weighted by Crippen LogP contribution is -2.41. The van der Waals surface area contributed by atoms with Gasteiger partial charge in [0.15, 0.2) is 0 Å². The van der Waals surface area contributed by atoms with E-state index in [0.717, 1.165) is 34.6 Å². The maximum Gasteiger partial charge on any atom is 0.223 e. The Morgan fingerprint density at radius 1 is 1.15 bits per heavy atom. The topological polar surface area (TPSA) is 55.6 Å². The Bertz CT molecular complexity index is 960. The molecule has 26 heavy (non-hydrogen) atoms. The number of aromatic nitrogens is 4. The number of hydrogen-bond donors (Lipinski definition) is 1. The fourth-order valence-electron chi connectivity index (χ4n) is 4.93. The molecule has 2 bridgehead atoms. The third-order valence-corrected chi connectivity index (χ3v) is 6.20. The van der Waals surface area contributed by atoms with Crippen LogP contribution in [0.3, 0.4) is 0 Å². The average molecular weight is 347 g/mol. The lowest BCUT2D eigenvalue weighted by atomic mass is 9.78. The van der Waals surface area contributed by atoms with Gasteiger partial charge in [-0.1, -0.05) is 19.9 Å². The third-order valence-electron chi connectivity index (χ3n) is 6.20. The third kappa shape index (κ3) is 2.41. The van der Waals surface area contributed by atoms with E-state index in [1.54, 1.807) is 0 Å². The van der Waals surface area contributed by atoms with Crippen LogP contribution in [0, 0.1) is 11.8 Å². The summed E-state index contributed by atoms with van der Waals surface area (Å²) in [6.45, 7) is 4.42. The van der Waals surface area contributed by atoms with Crippen LogP contribution in [0.15, 0.2) is 30.5 Å². The van der Waals surface area contributed by atoms with Gasteiger partial charge in [0.1, 0.15) is 0 Å². The summed E-state index contributed by atoms with van der Waals surface area (Å²) in [7, 11) is 2.02. The maximum atomic E-state index is 4.80. The van der Waals surface area contributed by atoms with E-state index in [0.29, 0.717) is 12.0 Å². The van der Waals surface area contributed by atoms with Crippen molar-refractivity contribution < 1.29 is 0 Å². The van der Waals surface area contributed by atoms with Gasteiger partial charge in [-0.15, -0.1) is 0 Å². The molecule has 6 rings (SSSR count). The van der Waals surface area contributed by atoms with Gasteiger partial charge in [-0.3, -0.25) is 4.68 Å². The molecule has 3 saturated carbocycles. The average Bonchev–Trinajstić information content (AvgIpc) is 3.32. The minimum atomic E-state index is 0.428. The Kier molecular flexibility index (Phi) is 3.52. The highest BCUT2D eigenvalue weighted by atomic mass is 15.3. The van der Waals surface area contributed by atoms with Gasteiger partial charge in [0.05, 0.1) is 11.2 Å². The van der Waals surface area contributed by atoms with Crippen molar-refractivity contribution in [2.75, 3.05) is 5.32 Å². The summed E-state index contributed by atoms with van der Waals surface area (Å²) >= 11 is 0. The van der Waals surface area contributed by atoms with Gasteiger partial charge in [0, 0.05) is 35.9 Å². The Labute approximate surface area is 153 Å². The molecule has 0 aliphatic heterocycles. The van der Waals surface area contributed by atoms with Gasteiger partial charge in [-0.2, -0.15) is 5.10 Å². The van der Waals surface area contributed by atoms with Crippen molar-refractivity contribution in [2.24, 2.45) is 18.9 Å². The zero-order valence-corrected chi connectivity index (χ0v) is 15.6. The Balaban J connectivity index is 1.49. The minimum Gasteiger partial charge on any atom is -0.351 e. The summed E-state index contributed by atoms with van der Waals surface area (Å²) in [4.78, 5) is 9.26. The van der Waals surface area contributed by atoms with Crippen LogP contribution in [0.25, 0.3) is 22.2 Å². The van der Waals surface area contributed by atoms with Gasteiger partial charge in [-0.25, -0.2) is 9.97 Å². The summed E-state index contributed by atoms with van der Waals surface area (Å²) in [5, 5.41) is 9.44. The van der Waals surface area contributed by atoms with Crippen molar-refractivity contribution >= 4 is 16.9 Å². The highest BCUT2D eigenvalue weighted by Gasteiger charge is 2.46. The molecule has 5 nitrogen and oxygen atoms in total. The van der Waals surface area contributed by atoms with Crippen LogP contribution in [-0.2, 0) is 7.05 Å². The molecule has 2 aromatic heterocycles. The van der Waals surface area contributed by atoms with Crippen LogP contribution in [0.1, 0.15) is 44.7 Å². The summed E-state index contributed by atoms with van der Waals surface area (Å²) in [5.74, 6) is 2.84. The lowest BCUT2D eigenvalue weighted by molar-refractivity contribution is 0.261. The SMILES string of the molecule is CC(C)c1c2cc(-c3ccnc(NC4[C@@H]5CC[C@H]4C5)n3)ccc2nn1C. The first-order valence-corrected chi connectivity index (χ1v) is 9.67. The zero-order valence-electron chi connectivity index (χ0n) is 15.6. The summed E-state index contributed by atoms with van der Waals surface area (Å²) in [6, 6.07) is 9.00. The van der Waals surface area contributed by atoms with Crippen LogP contribution >= 0.6 is 0 Å². The molecule has 3 aliphatic carbocycles. The number of aryl methyl sites for hydroxylation is 1. The van der Waals surface area contributed by atoms with E-state index in [2.05, 4.69) is 47.4 Å². The molecule has 0 saturated heterocycles. The molecule has 3 aromatic rings. The molecule has 1 N–H and O–H groups in total. The smallest absolute Gasteiger partial charge is 0.223 e. The Morgan fingerprint density at radius 3 is 2.69 bits per heavy atom. The number of nitrogens with one attached hydrogen (secondary N) is 1. The summed E-state index contributed by atoms with van der Waals surface area (Å²) in [5.41, 5.74) is 4.39. The highest BCUT2D eigenvalue weighted by molar-refractivity contribution is 5.86. The van der Waals surface area contributed by atoms with Crippen LogP contribution in [0.4, 0.5) is 5.95 Å². The second-order valence-electron chi connectivity index (χ2n) is 8.16. The van der Waals surface area contributed by atoms with Gasteiger partial charge < -0.3 is 5.32 Å². The first-order chi connectivity index (χ1) is 12.6. The predicted molar refractivity (Wildman–Crippen MR) is 104 cm³/mol. The molecule has 2 heterocycles. The standard InChI is InChI=1S/C21H25N5/c1-12(2)20-16-11-13(6-7-18(16)25-26(20)3)17-8-9-22-21(23-17)24-19-14-4-5-15(19)10-14/h6-9,11-12,14-15,19H,4-5,10H2,1-3H3,(H,22,23,24)/t14-,15+,19?. The first kappa shape index (κ1) is 15.8. The van der Waals surface area contributed by atoms with Crippen molar-refractivity contribution in [3.63, 3.8) is 0 Å². The fourth-order valence-corrected chi connectivity index (χ4v) is 4.93. The number of benzene rings is 1. The van der Waals surface area contributed by atoms with Gasteiger partial charge in [-0.05, 0) is 55.2 Å². The maximum absolute atomic E-state index is 4.80. The zero-order chi connectivity index (χ0) is 17.8. The van der Waals surface area contributed by atoms with Crippen molar-refractivity contribution in [1.29, 1.82) is 0 Å². The van der Waals surface area contributed by atoms with Gasteiger partial charge >= 0.3 is 0 Å². The molecule has 0 spiro atoms. The van der Waals surface area contributed by atoms with Crippen LogP contribution in [0.2, 0.25) is 0 Å². The fraction of sp³-hybridized carbons (Fsp3) is 0.476. The molecular formula is C21H25N5. The highest BCUT2D eigenvalue weighted by Crippen LogP contribution is 2.49. The molecule has 134 valence electrons. The molecule has 3 fully saturated rings. The number of nitrogens with zero attached hydrogens (tertiary/aromatic N) is 4. The lowest BCUT2D eigenvalue weighted by Gasteiger charge is -2.36. The van der Waals surface area contributed by atoms with Crippen molar-refractivity contribution in [3.05, 3.63) is 36.2 Å². The van der Waals surface area contributed by atoms with E-state index in [1.165, 1.54) is 30.3 Å². The van der Waals surface area contributed by atoms with Crippen molar-refractivity contribution in [3.8, 4) is 11.3 Å². The number of rotatable bonds is 4. The van der Waals surface area contributed by atoms with E-state index >= 15 is 0 Å². The quantitative estimate of drug-likeness (QED) is 0.762. The van der Waals surface area contributed by atoms with Crippen LogP contribution in [-0.4, -0.2) is 25.8 Å². The van der Waals surface area contributed by atoms with E-state index in [1.807, 2.05) is 24.0 Å². The molecule has 3 aliphatic rings. The first-order valence-electron chi connectivity index (χ1n) is 9.67. The largest absolute Gasteiger partial charge is 0.351 e. The molecule has 0 amide bonds. The number of fused-ring (bicyclic) bond motifs is 2. The van der Waals surface area contributed by atoms with Crippen LogP contribution < -0.4 is 5.32 Å². The normalized spacial score (nSPS) is 24.2. The molecule has 1 unspecified atom stereocenters. The number of hydrogen-bond acceptors (Lipinski definition) is 4. The Morgan fingerprint density at radius 2 is 1.96 bits per heavy atom. The number of anilines is 1. The predicted octanol–water partition coefficient (Wildman–Crippen LogP) is 4.36. The summed E-state index contributed by atoms with van der Waals surface area (Å²) < 4.78 is 2.00. The van der Waals surface area contributed by atoms with E-state index < -0.39 is 0 Å². The molecule has 3 atom stereocenters. The van der Waals surface area contributed by atoms with Gasteiger partial charge in [0.25, 0.3) is 0 Å². The monoisotopic (exact) mass is 347 g/mol. The van der Waals surface area contributed by atoms with Crippen molar-refractivity contribution in [2.45, 2.75) is 45.1 Å². The molecular weight excluding hydrogens is 322 g/mol. The molecule has 1 aromatic carbocycles. The second kappa shape index (κ2) is 5.79. The van der Waals surface area contributed by atoms with E-state index in [4.69, 9.17) is 4.98 Å². The van der Waals surface area contributed by atoms with E-state index in [9.17, 15) is 0 Å². The Hall–Kier alpha value is -2.43. The molecule has 5 heteroatoms. The van der Waals surface area contributed by atoms with E-state index in [-0.39, 0.29) is 0 Å². The van der Waals surface area contributed by atoms with Crippen LogP contribution in [0.5, 0.6) is 0 Å².